The molecule has 160 valence electrons. The van der Waals surface area contributed by atoms with Crippen LogP contribution in [0.1, 0.15) is 31.7 Å². The highest BCUT2D eigenvalue weighted by Gasteiger charge is 2.31. The number of carbonyl (C=O) groups is 1. The van der Waals surface area contributed by atoms with Gasteiger partial charge < -0.3 is 9.73 Å². The van der Waals surface area contributed by atoms with Crippen LogP contribution in [0.15, 0.2) is 75.4 Å². The Morgan fingerprint density at radius 2 is 2.06 bits per heavy atom. The number of nitrogens with zero attached hydrogens (tertiary/aromatic N) is 2. The SMILES string of the molecule is CCCCC(N=C1NS(=O)(=O)c2ccccc21)C(=O)Nc1cccc(-c2cnco2)c1. The number of nitrogens with one attached hydrogen (secondary N) is 2. The minimum atomic E-state index is -3.67. The van der Waals surface area contributed by atoms with Crippen LogP contribution in [0, 0.1) is 0 Å². The lowest BCUT2D eigenvalue weighted by Crippen LogP contribution is -2.30. The molecule has 0 saturated heterocycles. The number of amides is 1. The molecule has 2 heterocycles. The second-order valence-electron chi connectivity index (χ2n) is 7.17. The van der Waals surface area contributed by atoms with Gasteiger partial charge in [0.15, 0.2) is 12.2 Å². The maximum absolute atomic E-state index is 13.0. The Morgan fingerprint density at radius 1 is 1.23 bits per heavy atom. The molecule has 2 N–H and O–H groups in total. The zero-order valence-electron chi connectivity index (χ0n) is 16.9. The summed E-state index contributed by atoms with van der Waals surface area (Å²) in [5.74, 6) is 0.484. The molecule has 0 fully saturated rings. The van der Waals surface area contributed by atoms with E-state index in [2.05, 4.69) is 20.0 Å². The molecule has 4 rings (SSSR count). The zero-order chi connectivity index (χ0) is 21.8. The van der Waals surface area contributed by atoms with E-state index in [0.29, 0.717) is 23.4 Å². The third kappa shape index (κ3) is 4.51. The molecular weight excluding hydrogens is 416 g/mol. The van der Waals surface area contributed by atoms with Gasteiger partial charge in [-0.3, -0.25) is 14.5 Å². The number of aromatic nitrogens is 1. The highest BCUT2D eigenvalue weighted by Crippen LogP contribution is 2.25. The minimum Gasteiger partial charge on any atom is -0.444 e. The largest absolute Gasteiger partial charge is 0.444 e. The van der Waals surface area contributed by atoms with Gasteiger partial charge in [0.05, 0.1) is 11.1 Å². The molecule has 3 aromatic rings. The third-order valence-corrected chi connectivity index (χ3v) is 6.33. The molecule has 0 saturated carbocycles. The van der Waals surface area contributed by atoms with E-state index in [1.54, 1.807) is 36.5 Å². The van der Waals surface area contributed by atoms with Crippen LogP contribution in [0.5, 0.6) is 0 Å². The summed E-state index contributed by atoms with van der Waals surface area (Å²) in [6.45, 7) is 2.02. The molecule has 0 aliphatic carbocycles. The van der Waals surface area contributed by atoms with Crippen LogP contribution in [0.3, 0.4) is 0 Å². The smallest absolute Gasteiger partial charge is 0.263 e. The number of aliphatic imine (C=N–C) groups is 1. The van der Waals surface area contributed by atoms with E-state index in [1.807, 2.05) is 19.1 Å². The van der Waals surface area contributed by atoms with Gasteiger partial charge in [-0.1, -0.05) is 44.0 Å². The van der Waals surface area contributed by atoms with Gasteiger partial charge in [0.1, 0.15) is 11.9 Å². The first-order chi connectivity index (χ1) is 15.0. The molecule has 9 heteroatoms. The standard InChI is InChI=1S/C22H22N4O4S/c1-2-3-10-18(25-21-17-9-4-5-11-20(17)31(28,29)26-21)22(27)24-16-8-6-7-15(12-16)19-13-23-14-30-19/h4-9,11-14,18H,2-3,10H2,1H3,(H,24,27)(H,25,26). The van der Waals surface area contributed by atoms with Crippen LogP contribution >= 0.6 is 0 Å². The first-order valence-electron chi connectivity index (χ1n) is 9.98. The second kappa shape index (κ2) is 8.73. The number of unbranched alkanes of at least 4 members (excludes halogenated alkanes) is 1. The van der Waals surface area contributed by atoms with Crippen molar-refractivity contribution in [1.29, 1.82) is 0 Å². The molecule has 0 spiro atoms. The predicted molar refractivity (Wildman–Crippen MR) is 117 cm³/mol. The highest BCUT2D eigenvalue weighted by molar-refractivity contribution is 7.90. The Hall–Kier alpha value is -3.46. The molecule has 1 amide bonds. The zero-order valence-corrected chi connectivity index (χ0v) is 17.7. The van der Waals surface area contributed by atoms with Gasteiger partial charge in [-0.15, -0.1) is 0 Å². The fourth-order valence-electron chi connectivity index (χ4n) is 3.37. The number of oxazole rings is 1. The van der Waals surface area contributed by atoms with Crippen molar-refractivity contribution in [3.8, 4) is 11.3 Å². The van der Waals surface area contributed by atoms with Crippen molar-refractivity contribution in [2.45, 2.75) is 37.1 Å². The van der Waals surface area contributed by atoms with Crippen LogP contribution in [0.25, 0.3) is 11.3 Å². The molecule has 31 heavy (non-hydrogen) atoms. The highest BCUT2D eigenvalue weighted by atomic mass is 32.2. The van der Waals surface area contributed by atoms with Gasteiger partial charge in [-0.05, 0) is 30.7 Å². The maximum Gasteiger partial charge on any atom is 0.263 e. The van der Waals surface area contributed by atoms with E-state index in [4.69, 9.17) is 4.42 Å². The van der Waals surface area contributed by atoms with Gasteiger partial charge in [0, 0.05) is 16.8 Å². The van der Waals surface area contributed by atoms with Crippen molar-refractivity contribution < 1.29 is 17.6 Å². The van der Waals surface area contributed by atoms with E-state index < -0.39 is 16.1 Å². The fourth-order valence-corrected chi connectivity index (χ4v) is 4.61. The van der Waals surface area contributed by atoms with Crippen LogP contribution in [0.2, 0.25) is 0 Å². The molecular formula is C22H22N4O4S. The first-order valence-corrected chi connectivity index (χ1v) is 11.5. The van der Waals surface area contributed by atoms with Crippen molar-refractivity contribution in [1.82, 2.24) is 9.71 Å². The van der Waals surface area contributed by atoms with Crippen molar-refractivity contribution in [3.63, 3.8) is 0 Å². The topological polar surface area (TPSA) is 114 Å². The monoisotopic (exact) mass is 438 g/mol. The number of anilines is 1. The van der Waals surface area contributed by atoms with E-state index in [-0.39, 0.29) is 16.6 Å². The van der Waals surface area contributed by atoms with Gasteiger partial charge in [-0.2, -0.15) is 0 Å². The van der Waals surface area contributed by atoms with E-state index >= 15 is 0 Å². The molecule has 1 unspecified atom stereocenters. The van der Waals surface area contributed by atoms with Crippen LogP contribution in [0.4, 0.5) is 5.69 Å². The van der Waals surface area contributed by atoms with Gasteiger partial charge in [0.2, 0.25) is 5.91 Å². The van der Waals surface area contributed by atoms with Crippen molar-refractivity contribution in [3.05, 3.63) is 66.7 Å². The van der Waals surface area contributed by atoms with Gasteiger partial charge >= 0.3 is 0 Å². The summed E-state index contributed by atoms with van der Waals surface area (Å²) >= 11 is 0. The lowest BCUT2D eigenvalue weighted by atomic mass is 10.1. The van der Waals surface area contributed by atoms with Crippen molar-refractivity contribution in [2.75, 3.05) is 5.32 Å². The molecule has 1 aliphatic heterocycles. The Morgan fingerprint density at radius 3 is 2.84 bits per heavy atom. The summed E-state index contributed by atoms with van der Waals surface area (Å²) in [7, 11) is -3.67. The van der Waals surface area contributed by atoms with Crippen LogP contribution in [-0.4, -0.2) is 31.2 Å². The average molecular weight is 439 g/mol. The van der Waals surface area contributed by atoms with Gasteiger partial charge in [0.25, 0.3) is 10.0 Å². The lowest BCUT2D eigenvalue weighted by Gasteiger charge is -2.14. The molecule has 1 aromatic heterocycles. The summed E-state index contributed by atoms with van der Waals surface area (Å²) < 4.78 is 32.5. The summed E-state index contributed by atoms with van der Waals surface area (Å²) in [5, 5.41) is 2.89. The quantitative estimate of drug-likeness (QED) is 0.585. The second-order valence-corrected chi connectivity index (χ2v) is 8.82. The van der Waals surface area contributed by atoms with Crippen molar-refractivity contribution in [2.24, 2.45) is 4.99 Å². The number of amidine groups is 1. The number of hydrogen-bond donors (Lipinski definition) is 2. The number of fused-ring (bicyclic) bond motifs is 1. The molecule has 2 aromatic carbocycles. The summed E-state index contributed by atoms with van der Waals surface area (Å²) in [6.07, 6.45) is 5.11. The number of carbonyl (C=O) groups excluding carboxylic acids is 1. The van der Waals surface area contributed by atoms with E-state index in [9.17, 15) is 13.2 Å². The predicted octanol–water partition coefficient (Wildman–Crippen LogP) is 3.58. The van der Waals surface area contributed by atoms with E-state index in [1.165, 1.54) is 12.5 Å². The van der Waals surface area contributed by atoms with Crippen LogP contribution < -0.4 is 10.0 Å². The number of hydrogen-bond acceptors (Lipinski definition) is 6. The Balaban J connectivity index is 1.60. The summed E-state index contributed by atoms with van der Waals surface area (Å²) in [6, 6.07) is 13.1. The first kappa shape index (κ1) is 20.8. The molecule has 8 nitrogen and oxygen atoms in total. The maximum atomic E-state index is 13.0. The molecule has 1 aliphatic rings. The Labute approximate surface area is 180 Å². The Kier molecular flexibility index (Phi) is 5.85. The lowest BCUT2D eigenvalue weighted by molar-refractivity contribution is -0.117. The number of rotatable bonds is 7. The molecule has 0 radical (unpaired) electrons. The van der Waals surface area contributed by atoms with E-state index in [0.717, 1.165) is 18.4 Å². The molecule has 0 bridgehead atoms. The summed E-state index contributed by atoms with van der Waals surface area (Å²) in [4.78, 5) is 21.6. The number of benzene rings is 2. The fraction of sp³-hybridized carbons (Fsp3) is 0.227. The molecule has 1 atom stereocenters. The van der Waals surface area contributed by atoms with Crippen LogP contribution in [-0.2, 0) is 14.8 Å². The van der Waals surface area contributed by atoms with Crippen molar-refractivity contribution >= 4 is 27.5 Å². The van der Waals surface area contributed by atoms with Gasteiger partial charge in [-0.25, -0.2) is 13.4 Å². The minimum absolute atomic E-state index is 0.170. The summed E-state index contributed by atoms with van der Waals surface area (Å²) in [5.41, 5.74) is 1.85. The normalized spacial score (nSPS) is 16.5. The Bertz CT molecular complexity index is 1220. The average Bonchev–Trinajstić information content (AvgIpc) is 3.38. The number of sulfonamides is 1. The third-order valence-electron chi connectivity index (χ3n) is 4.93.